The lowest BCUT2D eigenvalue weighted by Gasteiger charge is -2.13. The molecule has 1 heterocycles. The molecule has 1 atom stereocenters. The van der Waals surface area contributed by atoms with E-state index < -0.39 is 5.97 Å². The van der Waals surface area contributed by atoms with E-state index in [2.05, 4.69) is 27.4 Å². The van der Waals surface area contributed by atoms with Gasteiger partial charge >= 0.3 is 5.97 Å². The van der Waals surface area contributed by atoms with Gasteiger partial charge in [-0.25, -0.2) is 0 Å². The van der Waals surface area contributed by atoms with Crippen LogP contribution in [0.25, 0.3) is 0 Å². The summed E-state index contributed by atoms with van der Waals surface area (Å²) >= 11 is 3.26. The van der Waals surface area contributed by atoms with E-state index in [-0.39, 0.29) is 5.92 Å². The minimum Gasteiger partial charge on any atom is -0.481 e. The molecule has 0 saturated carbocycles. The van der Waals surface area contributed by atoms with Crippen LogP contribution in [0.5, 0.6) is 0 Å². The fraction of sp³-hybridized carbons (Fsp3) is 0.625. The molecule has 68 valence electrons. The van der Waals surface area contributed by atoms with Crippen molar-refractivity contribution in [2.24, 2.45) is 5.92 Å². The topological polar surface area (TPSA) is 40.5 Å². The average Bonchev–Trinajstić information content (AvgIpc) is 2.34. The summed E-state index contributed by atoms with van der Waals surface area (Å²) in [4.78, 5) is 12.7. The predicted molar refractivity (Wildman–Crippen MR) is 50.2 cm³/mol. The molecule has 3 nitrogen and oxygen atoms in total. The lowest BCUT2D eigenvalue weighted by molar-refractivity contribution is -0.141. The van der Waals surface area contributed by atoms with E-state index in [1.807, 2.05) is 0 Å². The van der Waals surface area contributed by atoms with Crippen molar-refractivity contribution < 1.29 is 9.90 Å². The Morgan fingerprint density at radius 1 is 1.75 bits per heavy atom. The highest BCUT2D eigenvalue weighted by Gasteiger charge is 2.27. The number of halogens is 1. The SMILES string of the molecule is C=C(Br)CN1CCC(C(=O)O)C1. The van der Waals surface area contributed by atoms with E-state index >= 15 is 0 Å². The van der Waals surface area contributed by atoms with Crippen LogP contribution in [0.1, 0.15) is 6.42 Å². The summed E-state index contributed by atoms with van der Waals surface area (Å²) < 4.78 is 0.911. The molecule has 0 aromatic heterocycles. The Morgan fingerprint density at radius 3 is 2.83 bits per heavy atom. The van der Waals surface area contributed by atoms with Gasteiger partial charge in [0.1, 0.15) is 0 Å². The Balaban J connectivity index is 2.35. The van der Waals surface area contributed by atoms with Crippen LogP contribution in [0.4, 0.5) is 0 Å². The normalized spacial score (nSPS) is 24.2. The standard InChI is InChI=1S/C8H12BrNO2/c1-6(9)4-10-3-2-7(5-10)8(11)12/h7H,1-5H2,(H,11,12). The highest BCUT2D eigenvalue weighted by Crippen LogP contribution is 2.18. The van der Waals surface area contributed by atoms with Crippen molar-refractivity contribution >= 4 is 21.9 Å². The van der Waals surface area contributed by atoms with Crippen LogP contribution in [0.2, 0.25) is 0 Å². The minimum atomic E-state index is -0.683. The molecule has 0 aromatic carbocycles. The lowest BCUT2D eigenvalue weighted by Crippen LogP contribution is -2.24. The molecule has 1 saturated heterocycles. The Bertz CT molecular complexity index is 205. The van der Waals surface area contributed by atoms with E-state index in [4.69, 9.17) is 5.11 Å². The van der Waals surface area contributed by atoms with Crippen LogP contribution in [0, 0.1) is 5.92 Å². The van der Waals surface area contributed by atoms with Crippen LogP contribution in [-0.4, -0.2) is 35.6 Å². The minimum absolute atomic E-state index is 0.183. The van der Waals surface area contributed by atoms with Crippen molar-refractivity contribution in [2.75, 3.05) is 19.6 Å². The smallest absolute Gasteiger partial charge is 0.307 e. The van der Waals surface area contributed by atoms with Crippen LogP contribution in [-0.2, 0) is 4.79 Å². The third kappa shape index (κ3) is 2.60. The number of likely N-dealkylation sites (tertiary alicyclic amines) is 1. The Morgan fingerprint density at radius 2 is 2.42 bits per heavy atom. The number of hydrogen-bond donors (Lipinski definition) is 1. The van der Waals surface area contributed by atoms with Gasteiger partial charge in [0.15, 0.2) is 0 Å². The van der Waals surface area contributed by atoms with Crippen molar-refractivity contribution in [3.05, 3.63) is 11.1 Å². The van der Waals surface area contributed by atoms with Crippen molar-refractivity contribution in [1.82, 2.24) is 4.90 Å². The molecule has 0 bridgehead atoms. The number of nitrogens with zero attached hydrogens (tertiary/aromatic N) is 1. The Kier molecular flexibility index (Phi) is 3.29. The van der Waals surface area contributed by atoms with Gasteiger partial charge in [-0.05, 0) is 13.0 Å². The van der Waals surface area contributed by atoms with Crippen LogP contribution < -0.4 is 0 Å². The molecule has 1 N–H and O–H groups in total. The number of aliphatic carboxylic acids is 1. The third-order valence-corrected chi connectivity index (χ3v) is 2.27. The second kappa shape index (κ2) is 4.05. The van der Waals surface area contributed by atoms with E-state index in [0.717, 1.165) is 24.0 Å². The number of carbonyl (C=O) groups is 1. The molecule has 1 rings (SSSR count). The van der Waals surface area contributed by atoms with Gasteiger partial charge in [0.05, 0.1) is 5.92 Å². The maximum atomic E-state index is 10.6. The largest absolute Gasteiger partial charge is 0.481 e. The molecule has 1 aliphatic rings. The zero-order chi connectivity index (χ0) is 9.14. The molecule has 0 aromatic rings. The quantitative estimate of drug-likeness (QED) is 0.800. The van der Waals surface area contributed by atoms with Gasteiger partial charge in [-0.1, -0.05) is 22.5 Å². The van der Waals surface area contributed by atoms with Gasteiger partial charge in [0.2, 0.25) is 0 Å². The van der Waals surface area contributed by atoms with Gasteiger partial charge in [0, 0.05) is 17.6 Å². The first kappa shape index (κ1) is 9.74. The summed E-state index contributed by atoms with van der Waals surface area (Å²) in [6, 6.07) is 0. The molecule has 1 fully saturated rings. The fourth-order valence-corrected chi connectivity index (χ4v) is 1.78. The summed E-state index contributed by atoms with van der Waals surface area (Å²) in [6.07, 6.45) is 0.760. The molecule has 1 aliphatic heterocycles. The highest BCUT2D eigenvalue weighted by atomic mass is 79.9. The summed E-state index contributed by atoms with van der Waals surface area (Å²) in [5.74, 6) is -0.866. The van der Waals surface area contributed by atoms with Gasteiger partial charge in [-0.2, -0.15) is 0 Å². The zero-order valence-electron chi connectivity index (χ0n) is 6.79. The van der Waals surface area contributed by atoms with E-state index in [9.17, 15) is 4.79 Å². The number of hydrogen-bond acceptors (Lipinski definition) is 2. The van der Waals surface area contributed by atoms with E-state index in [0.29, 0.717) is 6.54 Å². The number of rotatable bonds is 3. The summed E-state index contributed by atoms with van der Waals surface area (Å²) in [6.45, 7) is 5.99. The van der Waals surface area contributed by atoms with Gasteiger partial charge in [0.25, 0.3) is 0 Å². The molecule has 0 spiro atoms. The number of carboxylic acid groups (broad SMARTS) is 1. The number of carboxylic acids is 1. The highest BCUT2D eigenvalue weighted by molar-refractivity contribution is 9.11. The molecular formula is C8H12BrNO2. The third-order valence-electron chi connectivity index (χ3n) is 2.02. The van der Waals surface area contributed by atoms with Crippen molar-refractivity contribution in [2.45, 2.75) is 6.42 Å². The first-order valence-corrected chi connectivity index (χ1v) is 4.67. The molecular weight excluding hydrogens is 222 g/mol. The Labute approximate surface area is 80.2 Å². The molecule has 4 heteroatoms. The summed E-state index contributed by atoms with van der Waals surface area (Å²) in [5.41, 5.74) is 0. The molecule has 1 unspecified atom stereocenters. The van der Waals surface area contributed by atoms with Gasteiger partial charge in [-0.3, -0.25) is 9.69 Å². The molecule has 12 heavy (non-hydrogen) atoms. The predicted octanol–water partition coefficient (Wildman–Crippen LogP) is 1.30. The fourth-order valence-electron chi connectivity index (χ4n) is 1.42. The summed E-state index contributed by atoms with van der Waals surface area (Å²) in [7, 11) is 0. The van der Waals surface area contributed by atoms with Crippen LogP contribution in [0.3, 0.4) is 0 Å². The van der Waals surface area contributed by atoms with Crippen molar-refractivity contribution in [1.29, 1.82) is 0 Å². The second-order valence-corrected chi connectivity index (χ2v) is 4.20. The summed E-state index contributed by atoms with van der Waals surface area (Å²) in [5, 5.41) is 8.70. The van der Waals surface area contributed by atoms with Gasteiger partial charge < -0.3 is 5.11 Å². The first-order valence-electron chi connectivity index (χ1n) is 3.88. The molecule has 0 amide bonds. The maximum Gasteiger partial charge on any atom is 0.307 e. The zero-order valence-corrected chi connectivity index (χ0v) is 8.38. The second-order valence-electron chi connectivity index (χ2n) is 3.08. The van der Waals surface area contributed by atoms with Crippen LogP contribution in [0.15, 0.2) is 11.1 Å². The maximum absolute atomic E-state index is 10.6. The molecule has 0 aliphatic carbocycles. The first-order chi connectivity index (χ1) is 5.59. The monoisotopic (exact) mass is 233 g/mol. The van der Waals surface area contributed by atoms with E-state index in [1.165, 1.54) is 0 Å². The van der Waals surface area contributed by atoms with E-state index in [1.54, 1.807) is 0 Å². The lowest BCUT2D eigenvalue weighted by atomic mass is 10.1. The molecule has 0 radical (unpaired) electrons. The van der Waals surface area contributed by atoms with Crippen LogP contribution >= 0.6 is 15.9 Å². The van der Waals surface area contributed by atoms with Crippen molar-refractivity contribution in [3.63, 3.8) is 0 Å². The average molecular weight is 234 g/mol. The van der Waals surface area contributed by atoms with Gasteiger partial charge in [-0.15, -0.1) is 0 Å². The van der Waals surface area contributed by atoms with Crippen molar-refractivity contribution in [3.8, 4) is 0 Å². The Hall–Kier alpha value is -0.350.